The molecule has 0 radical (unpaired) electrons. The molecule has 3 nitrogen and oxygen atoms in total. The van der Waals surface area contributed by atoms with Gasteiger partial charge in [0.2, 0.25) is 0 Å². The fourth-order valence-corrected chi connectivity index (χ4v) is 2.99. The number of fused-ring (bicyclic) bond motifs is 1. The van der Waals surface area contributed by atoms with Crippen molar-refractivity contribution in [2.24, 2.45) is 0 Å². The summed E-state index contributed by atoms with van der Waals surface area (Å²) in [6, 6.07) is 8.38. The van der Waals surface area contributed by atoms with E-state index in [1.807, 2.05) is 6.07 Å². The van der Waals surface area contributed by atoms with Gasteiger partial charge < -0.3 is 4.90 Å². The van der Waals surface area contributed by atoms with Crippen molar-refractivity contribution in [2.75, 3.05) is 11.4 Å². The number of hydrogen-bond acceptors (Lipinski definition) is 3. The zero-order valence-electron chi connectivity index (χ0n) is 10.3. The molecule has 0 spiro atoms. The standard InChI is InChI=1S/C14H13Cl2N3/c15-8-11-13(16)17-9-18-14(11)19-7-3-5-10-4-1-2-6-12(10)19/h1-2,4,6,9H,3,5,7-8H2. The maximum absolute atomic E-state index is 6.11. The summed E-state index contributed by atoms with van der Waals surface area (Å²) in [5, 5.41) is 0.433. The molecular formula is C14H13Cl2N3. The van der Waals surface area contributed by atoms with Crippen LogP contribution in [0.3, 0.4) is 0 Å². The molecule has 0 bridgehead atoms. The van der Waals surface area contributed by atoms with Gasteiger partial charge >= 0.3 is 0 Å². The smallest absolute Gasteiger partial charge is 0.142 e. The molecule has 1 aromatic carbocycles. The van der Waals surface area contributed by atoms with Crippen molar-refractivity contribution in [3.63, 3.8) is 0 Å². The molecule has 1 aliphatic rings. The number of para-hydroxylation sites is 1. The van der Waals surface area contributed by atoms with Crippen LogP contribution in [0.25, 0.3) is 0 Å². The minimum atomic E-state index is 0.313. The van der Waals surface area contributed by atoms with Gasteiger partial charge in [0.15, 0.2) is 0 Å². The Labute approximate surface area is 122 Å². The highest BCUT2D eigenvalue weighted by Crippen LogP contribution is 2.35. The average molecular weight is 294 g/mol. The number of hydrogen-bond donors (Lipinski definition) is 0. The summed E-state index contributed by atoms with van der Waals surface area (Å²) in [6.45, 7) is 0.925. The van der Waals surface area contributed by atoms with Crippen LogP contribution in [-0.2, 0) is 12.3 Å². The zero-order chi connectivity index (χ0) is 13.2. The molecule has 98 valence electrons. The second kappa shape index (κ2) is 5.35. The first-order valence-electron chi connectivity index (χ1n) is 6.22. The normalized spacial score (nSPS) is 14.3. The lowest BCUT2D eigenvalue weighted by atomic mass is 10.0. The first-order chi connectivity index (χ1) is 9.31. The zero-order valence-corrected chi connectivity index (χ0v) is 11.8. The van der Waals surface area contributed by atoms with E-state index in [1.165, 1.54) is 17.6 Å². The predicted octanol–water partition coefficient (Wildman–Crippen LogP) is 3.95. The Balaban J connectivity index is 2.12. The first kappa shape index (κ1) is 12.7. The lowest BCUT2D eigenvalue weighted by Crippen LogP contribution is -2.26. The van der Waals surface area contributed by atoms with Gasteiger partial charge in [-0.2, -0.15) is 0 Å². The average Bonchev–Trinajstić information content (AvgIpc) is 2.46. The Morgan fingerprint density at radius 2 is 2.05 bits per heavy atom. The Kier molecular flexibility index (Phi) is 3.58. The number of alkyl halides is 1. The molecule has 3 rings (SSSR count). The van der Waals surface area contributed by atoms with Crippen molar-refractivity contribution in [1.82, 2.24) is 9.97 Å². The molecule has 0 aliphatic carbocycles. The number of nitrogens with zero attached hydrogens (tertiary/aromatic N) is 3. The molecule has 0 amide bonds. The van der Waals surface area contributed by atoms with E-state index >= 15 is 0 Å². The Morgan fingerprint density at radius 3 is 2.89 bits per heavy atom. The Morgan fingerprint density at radius 1 is 1.21 bits per heavy atom. The Hall–Kier alpha value is -1.32. The maximum Gasteiger partial charge on any atom is 0.142 e. The van der Waals surface area contributed by atoms with E-state index in [0.29, 0.717) is 11.0 Å². The number of aromatic nitrogens is 2. The van der Waals surface area contributed by atoms with Gasteiger partial charge in [0, 0.05) is 17.8 Å². The fourth-order valence-electron chi connectivity index (χ4n) is 2.48. The molecule has 1 aromatic heterocycles. The van der Waals surface area contributed by atoms with Gasteiger partial charge in [0.25, 0.3) is 0 Å². The minimum absolute atomic E-state index is 0.313. The number of anilines is 2. The molecule has 0 fully saturated rings. The summed E-state index contributed by atoms with van der Waals surface area (Å²) < 4.78 is 0. The summed E-state index contributed by atoms with van der Waals surface area (Å²) in [5.74, 6) is 1.13. The quantitative estimate of drug-likeness (QED) is 0.620. The first-order valence-corrected chi connectivity index (χ1v) is 7.13. The largest absolute Gasteiger partial charge is 0.326 e. The molecular weight excluding hydrogens is 281 g/mol. The van der Waals surface area contributed by atoms with Crippen LogP contribution in [0.2, 0.25) is 5.15 Å². The molecule has 1 aliphatic heterocycles. The Bertz CT molecular complexity index is 601. The van der Waals surface area contributed by atoms with Crippen molar-refractivity contribution >= 4 is 34.7 Å². The number of aryl methyl sites for hydroxylation is 1. The third-order valence-electron chi connectivity index (χ3n) is 3.37. The van der Waals surface area contributed by atoms with Gasteiger partial charge in [-0.1, -0.05) is 29.8 Å². The van der Waals surface area contributed by atoms with Crippen LogP contribution in [-0.4, -0.2) is 16.5 Å². The van der Waals surface area contributed by atoms with Crippen LogP contribution in [0.15, 0.2) is 30.6 Å². The van der Waals surface area contributed by atoms with Crippen molar-refractivity contribution < 1.29 is 0 Å². The van der Waals surface area contributed by atoms with E-state index in [0.717, 1.165) is 30.8 Å². The highest BCUT2D eigenvalue weighted by molar-refractivity contribution is 6.31. The third-order valence-corrected chi connectivity index (χ3v) is 3.96. The minimum Gasteiger partial charge on any atom is -0.326 e. The van der Waals surface area contributed by atoms with Crippen molar-refractivity contribution in [3.8, 4) is 0 Å². The van der Waals surface area contributed by atoms with Crippen molar-refractivity contribution in [3.05, 3.63) is 46.9 Å². The highest BCUT2D eigenvalue weighted by atomic mass is 35.5. The third kappa shape index (κ3) is 2.28. The number of rotatable bonds is 2. The lowest BCUT2D eigenvalue weighted by Gasteiger charge is -2.31. The van der Waals surface area contributed by atoms with Crippen LogP contribution in [0.5, 0.6) is 0 Å². The van der Waals surface area contributed by atoms with E-state index in [1.54, 1.807) is 0 Å². The van der Waals surface area contributed by atoms with E-state index < -0.39 is 0 Å². The monoisotopic (exact) mass is 293 g/mol. The van der Waals surface area contributed by atoms with Crippen LogP contribution in [0, 0.1) is 0 Å². The molecule has 0 saturated carbocycles. The fraction of sp³-hybridized carbons (Fsp3) is 0.286. The highest BCUT2D eigenvalue weighted by Gasteiger charge is 2.22. The van der Waals surface area contributed by atoms with E-state index in [2.05, 4.69) is 33.1 Å². The summed E-state index contributed by atoms with van der Waals surface area (Å²) >= 11 is 12.1. The SMILES string of the molecule is ClCc1c(Cl)ncnc1N1CCCc2ccccc21. The van der Waals surface area contributed by atoms with Gasteiger partial charge in [0.05, 0.1) is 5.88 Å². The van der Waals surface area contributed by atoms with Gasteiger partial charge in [-0.15, -0.1) is 11.6 Å². The number of halogens is 2. The molecule has 0 atom stereocenters. The summed E-state index contributed by atoms with van der Waals surface area (Å²) in [6.07, 6.45) is 3.69. The molecule has 5 heteroatoms. The van der Waals surface area contributed by atoms with E-state index in [4.69, 9.17) is 23.2 Å². The van der Waals surface area contributed by atoms with Gasteiger partial charge in [-0.25, -0.2) is 9.97 Å². The van der Waals surface area contributed by atoms with Crippen LogP contribution < -0.4 is 4.90 Å². The van der Waals surface area contributed by atoms with E-state index in [9.17, 15) is 0 Å². The van der Waals surface area contributed by atoms with Gasteiger partial charge in [0.1, 0.15) is 17.3 Å². The maximum atomic E-state index is 6.11. The molecule has 0 unspecified atom stereocenters. The second-order valence-electron chi connectivity index (χ2n) is 4.48. The summed E-state index contributed by atoms with van der Waals surface area (Å²) in [4.78, 5) is 10.6. The van der Waals surface area contributed by atoms with Crippen LogP contribution >= 0.6 is 23.2 Å². The van der Waals surface area contributed by atoms with Crippen LogP contribution in [0.4, 0.5) is 11.5 Å². The topological polar surface area (TPSA) is 29.0 Å². The molecule has 0 N–H and O–H groups in total. The predicted molar refractivity (Wildman–Crippen MR) is 78.4 cm³/mol. The van der Waals surface area contributed by atoms with Crippen molar-refractivity contribution in [2.45, 2.75) is 18.7 Å². The van der Waals surface area contributed by atoms with Gasteiger partial charge in [-0.05, 0) is 24.5 Å². The van der Waals surface area contributed by atoms with Crippen molar-refractivity contribution in [1.29, 1.82) is 0 Å². The summed E-state index contributed by atoms with van der Waals surface area (Å²) in [5.41, 5.74) is 3.32. The summed E-state index contributed by atoms with van der Waals surface area (Å²) in [7, 11) is 0. The number of benzene rings is 1. The molecule has 2 heterocycles. The second-order valence-corrected chi connectivity index (χ2v) is 5.11. The van der Waals surface area contributed by atoms with Crippen LogP contribution in [0.1, 0.15) is 17.5 Å². The lowest BCUT2D eigenvalue weighted by molar-refractivity contribution is 0.756. The molecule has 19 heavy (non-hydrogen) atoms. The molecule has 0 saturated heterocycles. The van der Waals surface area contributed by atoms with E-state index in [-0.39, 0.29) is 0 Å². The van der Waals surface area contributed by atoms with Gasteiger partial charge in [-0.3, -0.25) is 0 Å². The molecule has 2 aromatic rings.